The molecule has 0 aliphatic rings. The third-order valence-electron chi connectivity index (χ3n) is 1.81. The van der Waals surface area contributed by atoms with Crippen LogP contribution in [0.2, 0.25) is 5.15 Å². The molecule has 0 bridgehead atoms. The zero-order chi connectivity index (χ0) is 9.19. The van der Waals surface area contributed by atoms with Gasteiger partial charge in [0, 0.05) is 10.9 Å². The topological polar surface area (TPSA) is 24.9 Å². The summed E-state index contributed by atoms with van der Waals surface area (Å²) in [5, 5.41) is 6.60. The standard InChI is InChI=1S/C8H13ClN2S/c1-4-8(2,3)11-7-10-6(9)5-12-7/h5H,4H2,1-3H3,(H,10,11). The van der Waals surface area contributed by atoms with Gasteiger partial charge in [-0.3, -0.25) is 0 Å². The highest BCUT2D eigenvalue weighted by molar-refractivity contribution is 7.14. The van der Waals surface area contributed by atoms with Crippen LogP contribution in [-0.4, -0.2) is 10.5 Å². The van der Waals surface area contributed by atoms with Crippen molar-refractivity contribution in [3.8, 4) is 0 Å². The monoisotopic (exact) mass is 204 g/mol. The first-order chi connectivity index (χ1) is 5.53. The first-order valence-electron chi connectivity index (χ1n) is 3.93. The molecule has 0 unspecified atom stereocenters. The third kappa shape index (κ3) is 2.64. The van der Waals surface area contributed by atoms with Crippen molar-refractivity contribution in [2.75, 3.05) is 5.32 Å². The van der Waals surface area contributed by atoms with E-state index in [-0.39, 0.29) is 5.54 Å². The van der Waals surface area contributed by atoms with Crippen molar-refractivity contribution >= 4 is 28.1 Å². The Labute approximate surface area is 82.0 Å². The van der Waals surface area contributed by atoms with E-state index in [0.717, 1.165) is 11.6 Å². The number of aromatic nitrogens is 1. The maximum absolute atomic E-state index is 5.69. The molecule has 0 aliphatic carbocycles. The van der Waals surface area contributed by atoms with Crippen molar-refractivity contribution in [2.24, 2.45) is 0 Å². The summed E-state index contributed by atoms with van der Waals surface area (Å²) in [6, 6.07) is 0. The average Bonchev–Trinajstić information content (AvgIpc) is 2.35. The van der Waals surface area contributed by atoms with Crippen LogP contribution in [0.3, 0.4) is 0 Å². The van der Waals surface area contributed by atoms with Crippen LogP contribution >= 0.6 is 22.9 Å². The molecular weight excluding hydrogens is 192 g/mol. The summed E-state index contributed by atoms with van der Waals surface area (Å²) >= 11 is 7.23. The summed E-state index contributed by atoms with van der Waals surface area (Å²) in [7, 11) is 0. The normalized spacial score (nSPS) is 11.7. The minimum Gasteiger partial charge on any atom is -0.357 e. The molecule has 1 aromatic heterocycles. The predicted octanol–water partition coefficient (Wildman–Crippen LogP) is 3.40. The average molecular weight is 205 g/mol. The van der Waals surface area contributed by atoms with E-state index in [0.29, 0.717) is 5.15 Å². The van der Waals surface area contributed by atoms with Gasteiger partial charge in [-0.15, -0.1) is 11.3 Å². The predicted molar refractivity (Wildman–Crippen MR) is 55.1 cm³/mol. The number of thiazole rings is 1. The summed E-state index contributed by atoms with van der Waals surface area (Å²) in [5.74, 6) is 0. The number of anilines is 1. The Morgan fingerprint density at radius 3 is 2.75 bits per heavy atom. The van der Waals surface area contributed by atoms with Gasteiger partial charge in [-0.05, 0) is 20.3 Å². The van der Waals surface area contributed by atoms with Crippen LogP contribution in [-0.2, 0) is 0 Å². The van der Waals surface area contributed by atoms with Gasteiger partial charge in [-0.1, -0.05) is 18.5 Å². The van der Waals surface area contributed by atoms with Crippen LogP contribution in [0.5, 0.6) is 0 Å². The molecule has 0 spiro atoms. The van der Waals surface area contributed by atoms with Crippen LogP contribution in [0.4, 0.5) is 5.13 Å². The lowest BCUT2D eigenvalue weighted by Crippen LogP contribution is -2.29. The Bertz CT molecular complexity index is 257. The highest BCUT2D eigenvalue weighted by atomic mass is 35.5. The molecule has 4 heteroatoms. The first-order valence-corrected chi connectivity index (χ1v) is 5.18. The summed E-state index contributed by atoms with van der Waals surface area (Å²) in [4.78, 5) is 4.12. The van der Waals surface area contributed by atoms with Crippen molar-refractivity contribution in [3.05, 3.63) is 10.5 Å². The molecule has 0 radical (unpaired) electrons. The maximum atomic E-state index is 5.69. The van der Waals surface area contributed by atoms with Gasteiger partial charge in [0.2, 0.25) is 0 Å². The lowest BCUT2D eigenvalue weighted by molar-refractivity contribution is 0.547. The molecule has 68 valence electrons. The summed E-state index contributed by atoms with van der Waals surface area (Å²) in [6.45, 7) is 6.42. The minimum atomic E-state index is 0.0984. The second-order valence-corrected chi connectivity index (χ2v) is 4.58. The lowest BCUT2D eigenvalue weighted by atomic mass is 10.0. The van der Waals surface area contributed by atoms with Crippen molar-refractivity contribution in [1.82, 2.24) is 4.98 Å². The molecule has 0 saturated carbocycles. The molecule has 0 amide bonds. The van der Waals surface area contributed by atoms with Crippen molar-refractivity contribution in [1.29, 1.82) is 0 Å². The van der Waals surface area contributed by atoms with Gasteiger partial charge < -0.3 is 5.32 Å². The van der Waals surface area contributed by atoms with Gasteiger partial charge in [0.25, 0.3) is 0 Å². The molecule has 12 heavy (non-hydrogen) atoms. The van der Waals surface area contributed by atoms with Crippen molar-refractivity contribution in [3.63, 3.8) is 0 Å². The van der Waals surface area contributed by atoms with E-state index in [9.17, 15) is 0 Å². The van der Waals surface area contributed by atoms with E-state index in [2.05, 4.69) is 31.1 Å². The van der Waals surface area contributed by atoms with Crippen LogP contribution < -0.4 is 5.32 Å². The van der Waals surface area contributed by atoms with Crippen LogP contribution in [0.15, 0.2) is 5.38 Å². The highest BCUT2D eigenvalue weighted by Crippen LogP contribution is 2.23. The van der Waals surface area contributed by atoms with Crippen LogP contribution in [0, 0.1) is 0 Å². The zero-order valence-electron chi connectivity index (χ0n) is 7.52. The van der Waals surface area contributed by atoms with E-state index in [1.807, 2.05) is 5.38 Å². The second kappa shape index (κ2) is 3.62. The summed E-state index contributed by atoms with van der Waals surface area (Å²) in [5.41, 5.74) is 0.0984. The molecule has 1 heterocycles. The van der Waals surface area contributed by atoms with Gasteiger partial charge in [-0.2, -0.15) is 0 Å². The Morgan fingerprint density at radius 2 is 2.33 bits per heavy atom. The van der Waals surface area contributed by atoms with Gasteiger partial charge in [0.05, 0.1) is 0 Å². The fourth-order valence-electron chi connectivity index (χ4n) is 0.689. The van der Waals surface area contributed by atoms with E-state index < -0.39 is 0 Å². The Morgan fingerprint density at radius 1 is 1.67 bits per heavy atom. The second-order valence-electron chi connectivity index (χ2n) is 3.34. The molecule has 1 aromatic rings. The molecule has 0 aromatic carbocycles. The summed E-state index contributed by atoms with van der Waals surface area (Å²) in [6.07, 6.45) is 1.06. The number of nitrogens with zero attached hydrogens (tertiary/aromatic N) is 1. The number of nitrogens with one attached hydrogen (secondary N) is 1. The molecule has 0 aliphatic heterocycles. The van der Waals surface area contributed by atoms with E-state index in [1.54, 1.807) is 0 Å². The van der Waals surface area contributed by atoms with Crippen LogP contribution in [0.25, 0.3) is 0 Å². The van der Waals surface area contributed by atoms with Gasteiger partial charge in [0.1, 0.15) is 5.15 Å². The SMILES string of the molecule is CCC(C)(C)Nc1nc(Cl)cs1. The molecule has 0 fully saturated rings. The maximum Gasteiger partial charge on any atom is 0.184 e. The molecule has 0 atom stereocenters. The fourth-order valence-corrected chi connectivity index (χ4v) is 1.71. The van der Waals surface area contributed by atoms with Gasteiger partial charge in [-0.25, -0.2) is 4.98 Å². The lowest BCUT2D eigenvalue weighted by Gasteiger charge is -2.23. The Hall–Kier alpha value is -0.280. The first kappa shape index (κ1) is 9.81. The van der Waals surface area contributed by atoms with Gasteiger partial charge in [0.15, 0.2) is 5.13 Å². The largest absolute Gasteiger partial charge is 0.357 e. The van der Waals surface area contributed by atoms with Gasteiger partial charge >= 0.3 is 0 Å². The minimum absolute atomic E-state index is 0.0984. The molecular formula is C8H13ClN2S. The fraction of sp³-hybridized carbons (Fsp3) is 0.625. The van der Waals surface area contributed by atoms with E-state index in [4.69, 9.17) is 11.6 Å². The quantitative estimate of drug-likeness (QED) is 0.817. The smallest absolute Gasteiger partial charge is 0.184 e. The third-order valence-corrected chi connectivity index (χ3v) is 2.89. The molecule has 2 nitrogen and oxygen atoms in total. The number of hydrogen-bond donors (Lipinski definition) is 1. The van der Waals surface area contributed by atoms with Crippen molar-refractivity contribution in [2.45, 2.75) is 32.7 Å². The summed E-state index contributed by atoms with van der Waals surface area (Å²) < 4.78 is 0. The van der Waals surface area contributed by atoms with E-state index >= 15 is 0 Å². The highest BCUT2D eigenvalue weighted by Gasteiger charge is 2.15. The number of hydrogen-bond acceptors (Lipinski definition) is 3. The van der Waals surface area contributed by atoms with E-state index in [1.165, 1.54) is 11.3 Å². The number of rotatable bonds is 3. The molecule has 0 saturated heterocycles. The Balaban J connectivity index is 2.63. The molecule has 1 rings (SSSR count). The molecule has 1 N–H and O–H groups in total. The number of halogens is 1. The zero-order valence-corrected chi connectivity index (χ0v) is 9.09. The van der Waals surface area contributed by atoms with Crippen LogP contribution in [0.1, 0.15) is 27.2 Å². The van der Waals surface area contributed by atoms with Crippen molar-refractivity contribution < 1.29 is 0 Å². The Kier molecular flexibility index (Phi) is 2.96.